The van der Waals surface area contributed by atoms with E-state index in [1.54, 1.807) is 0 Å². The van der Waals surface area contributed by atoms with Gasteiger partial charge in [0.15, 0.2) is 12.3 Å². The van der Waals surface area contributed by atoms with Gasteiger partial charge in [-0.25, -0.2) is 22.0 Å². The Labute approximate surface area is 220 Å². The average molecular weight is 623 g/mol. The molecule has 0 aliphatic carbocycles. The fraction of sp³-hybridized carbons (Fsp3) is 1.00. The summed E-state index contributed by atoms with van der Waals surface area (Å²) in [5.41, 5.74) is -2.49. The van der Waals surface area contributed by atoms with Gasteiger partial charge in [0, 0.05) is 19.8 Å². The monoisotopic (exact) mass is 622 g/mol. The van der Waals surface area contributed by atoms with Gasteiger partial charge in [0.1, 0.15) is 0 Å². The Balaban J connectivity index is 6.71. The Bertz CT molecular complexity index is 683. The van der Waals surface area contributed by atoms with Gasteiger partial charge in [-0.05, 0) is 27.2 Å². The molecule has 3 nitrogen and oxygen atoms in total. The summed E-state index contributed by atoms with van der Waals surface area (Å²) in [5, 5.41) is 0. The zero-order valence-corrected chi connectivity index (χ0v) is 22.9. The minimum absolute atomic E-state index is 0.133. The largest absolute Gasteiger partial charge is 0.507 e. The van der Waals surface area contributed by atoms with Gasteiger partial charge in [-0.2, -0.15) is 35.1 Å². The van der Waals surface area contributed by atoms with E-state index in [0.717, 1.165) is 6.42 Å². The van der Waals surface area contributed by atoms with Crippen LogP contribution in [0.5, 0.6) is 0 Å². The first-order valence-corrected chi connectivity index (χ1v) is 14.2. The molecule has 0 saturated carbocycles. The lowest BCUT2D eigenvalue weighted by Gasteiger charge is -2.43. The molecular formula is C22H35F13O3Si. The fourth-order valence-electron chi connectivity index (χ4n) is 3.87. The number of hydrogen-bond donors (Lipinski definition) is 0. The van der Waals surface area contributed by atoms with Crippen LogP contribution in [0.2, 0.25) is 5.54 Å². The summed E-state index contributed by atoms with van der Waals surface area (Å²) in [6.45, 7) is 4.49. The van der Waals surface area contributed by atoms with Gasteiger partial charge in [0.05, 0.1) is 5.54 Å². The molecule has 0 aromatic rings. The molecule has 0 aromatic carbocycles. The zero-order valence-electron chi connectivity index (χ0n) is 21.9. The van der Waals surface area contributed by atoms with Gasteiger partial charge < -0.3 is 13.3 Å². The summed E-state index contributed by atoms with van der Waals surface area (Å²) in [7, 11) is -4.76. The van der Waals surface area contributed by atoms with Crippen molar-refractivity contribution in [1.29, 1.82) is 0 Å². The van der Waals surface area contributed by atoms with Crippen LogP contribution in [0.15, 0.2) is 0 Å². The molecule has 0 fully saturated rings. The molecule has 0 heterocycles. The van der Waals surface area contributed by atoms with Crippen LogP contribution in [-0.4, -0.2) is 77.3 Å². The maximum Gasteiger partial charge on any atom is 0.507 e. The molecule has 0 amide bonds. The highest BCUT2D eigenvalue weighted by atomic mass is 28.4. The Morgan fingerprint density at radius 2 is 0.949 bits per heavy atom. The molecule has 39 heavy (non-hydrogen) atoms. The third-order valence-electron chi connectivity index (χ3n) is 5.91. The zero-order chi connectivity index (χ0) is 30.9. The summed E-state index contributed by atoms with van der Waals surface area (Å²) < 4.78 is 198. The van der Waals surface area contributed by atoms with Crippen molar-refractivity contribution in [2.24, 2.45) is 0 Å². The van der Waals surface area contributed by atoms with E-state index in [1.165, 1.54) is 20.8 Å². The number of rotatable bonds is 21. The van der Waals surface area contributed by atoms with E-state index in [4.69, 9.17) is 13.3 Å². The average Bonchev–Trinajstić information content (AvgIpc) is 2.84. The SMILES string of the molecule is CCCCCCCC(C(F)C(F)(F)C(F)(F)C(F)(F)C(F)(F)C(F)C(F)C(F)F)[Si](OCC)(OCC)OCC. The summed E-state index contributed by atoms with van der Waals surface area (Å²) >= 11 is 0. The van der Waals surface area contributed by atoms with Gasteiger partial charge in [-0.3, -0.25) is 0 Å². The lowest BCUT2D eigenvalue weighted by Crippen LogP contribution is -2.69. The van der Waals surface area contributed by atoms with Crippen molar-refractivity contribution in [2.75, 3.05) is 19.8 Å². The standard InChI is InChI=1S/C22H35F13O3Si/c1-5-9-10-11-12-13-14(39(36-6-2,37-7-3)38-8-4)16(24)19(28,29)21(32,33)22(34,35)20(30,31)17(25)15(23)18(26)27/h14-18H,5-13H2,1-4H3. The quantitative estimate of drug-likeness (QED) is 0.0729. The van der Waals surface area contributed by atoms with Crippen molar-refractivity contribution >= 4 is 8.80 Å². The van der Waals surface area contributed by atoms with Crippen LogP contribution in [0.4, 0.5) is 57.1 Å². The molecule has 0 aliphatic rings. The van der Waals surface area contributed by atoms with E-state index in [-0.39, 0.29) is 12.8 Å². The second-order valence-corrected chi connectivity index (χ2v) is 11.5. The maximum atomic E-state index is 15.5. The predicted molar refractivity (Wildman–Crippen MR) is 118 cm³/mol. The molecule has 0 spiro atoms. The lowest BCUT2D eigenvalue weighted by molar-refractivity contribution is -0.387. The molecular weight excluding hydrogens is 587 g/mol. The lowest BCUT2D eigenvalue weighted by atomic mass is 9.90. The van der Waals surface area contributed by atoms with Crippen LogP contribution in [-0.2, 0) is 13.3 Å². The van der Waals surface area contributed by atoms with Gasteiger partial charge in [0.25, 0.3) is 6.43 Å². The normalized spacial score (nSPS) is 17.4. The predicted octanol–water partition coefficient (Wildman–Crippen LogP) is 8.59. The van der Waals surface area contributed by atoms with E-state index in [0.29, 0.717) is 12.8 Å². The molecule has 4 atom stereocenters. The van der Waals surface area contributed by atoms with Crippen LogP contribution in [0, 0.1) is 0 Å². The van der Waals surface area contributed by atoms with E-state index < -0.39 is 89.2 Å². The molecule has 236 valence electrons. The van der Waals surface area contributed by atoms with Crippen molar-refractivity contribution in [2.45, 2.75) is 120 Å². The van der Waals surface area contributed by atoms with Gasteiger partial charge in [-0.1, -0.05) is 39.0 Å². The molecule has 4 unspecified atom stereocenters. The summed E-state index contributed by atoms with van der Waals surface area (Å²) in [6, 6.07) is 0. The first-order valence-electron chi connectivity index (χ1n) is 12.4. The summed E-state index contributed by atoms with van der Waals surface area (Å²) in [4.78, 5) is 0. The Hall–Kier alpha value is -0.813. The van der Waals surface area contributed by atoms with Crippen LogP contribution in [0.1, 0.15) is 66.2 Å². The molecule has 0 N–H and O–H groups in total. The first-order chi connectivity index (χ1) is 17.8. The molecule has 17 heteroatoms. The van der Waals surface area contributed by atoms with Crippen molar-refractivity contribution in [3.63, 3.8) is 0 Å². The second kappa shape index (κ2) is 15.4. The summed E-state index contributed by atoms with van der Waals surface area (Å²) in [5.74, 6) is -28.7. The van der Waals surface area contributed by atoms with Crippen molar-refractivity contribution in [3.8, 4) is 0 Å². The number of alkyl halides is 13. The molecule has 0 rings (SSSR count). The molecule has 0 saturated heterocycles. The highest BCUT2D eigenvalue weighted by Crippen LogP contribution is 2.58. The molecule has 0 bridgehead atoms. The second-order valence-electron chi connectivity index (χ2n) is 8.69. The molecule has 0 aromatic heterocycles. The summed E-state index contributed by atoms with van der Waals surface area (Å²) in [6.07, 6.45) is -17.9. The molecule has 0 aliphatic heterocycles. The van der Waals surface area contributed by atoms with Crippen LogP contribution in [0.3, 0.4) is 0 Å². The van der Waals surface area contributed by atoms with Crippen LogP contribution in [0.25, 0.3) is 0 Å². The topological polar surface area (TPSA) is 27.7 Å². The minimum atomic E-state index is -7.52. The highest BCUT2D eigenvalue weighted by molar-refractivity contribution is 6.62. The van der Waals surface area contributed by atoms with Gasteiger partial charge in [0.2, 0.25) is 6.17 Å². The number of hydrogen-bond acceptors (Lipinski definition) is 3. The highest BCUT2D eigenvalue weighted by Gasteiger charge is 2.85. The minimum Gasteiger partial charge on any atom is -0.374 e. The number of halogens is 13. The fourth-order valence-corrected chi connectivity index (χ4v) is 7.09. The van der Waals surface area contributed by atoms with Crippen molar-refractivity contribution < 1.29 is 70.4 Å². The third kappa shape index (κ3) is 8.14. The number of unbranched alkanes of at least 4 members (excludes halogenated alkanes) is 4. The third-order valence-corrected chi connectivity index (χ3v) is 9.47. The van der Waals surface area contributed by atoms with E-state index in [1.807, 2.05) is 6.92 Å². The first kappa shape index (κ1) is 38.2. The smallest absolute Gasteiger partial charge is 0.374 e. The maximum absolute atomic E-state index is 15.5. The van der Waals surface area contributed by atoms with Gasteiger partial charge >= 0.3 is 32.5 Å². The van der Waals surface area contributed by atoms with Gasteiger partial charge in [-0.15, -0.1) is 0 Å². The Kier molecular flexibility index (Phi) is 15.1. The van der Waals surface area contributed by atoms with Crippen molar-refractivity contribution in [3.05, 3.63) is 0 Å². The Morgan fingerprint density at radius 1 is 0.564 bits per heavy atom. The van der Waals surface area contributed by atoms with Crippen LogP contribution >= 0.6 is 0 Å². The van der Waals surface area contributed by atoms with E-state index >= 15 is 4.39 Å². The molecule has 0 radical (unpaired) electrons. The van der Waals surface area contributed by atoms with E-state index in [9.17, 15) is 52.7 Å². The van der Waals surface area contributed by atoms with Crippen molar-refractivity contribution in [1.82, 2.24) is 0 Å². The Morgan fingerprint density at radius 3 is 1.31 bits per heavy atom. The van der Waals surface area contributed by atoms with Crippen LogP contribution < -0.4 is 0 Å². The van der Waals surface area contributed by atoms with E-state index in [2.05, 4.69) is 0 Å².